The van der Waals surface area contributed by atoms with Crippen LogP contribution >= 0.6 is 15.9 Å². The molecule has 0 saturated heterocycles. The van der Waals surface area contributed by atoms with E-state index in [1.807, 2.05) is 0 Å². The van der Waals surface area contributed by atoms with E-state index in [2.05, 4.69) is 21.2 Å². The maximum atomic E-state index is 13.8. The summed E-state index contributed by atoms with van der Waals surface area (Å²) >= 11 is 2.90. The zero-order valence-electron chi connectivity index (χ0n) is 10.1. The lowest BCUT2D eigenvalue weighted by atomic mass is 10.0. The van der Waals surface area contributed by atoms with Gasteiger partial charge < -0.3 is 5.32 Å². The lowest BCUT2D eigenvalue weighted by Gasteiger charge is -2.20. The minimum Gasteiger partial charge on any atom is -0.310 e. The lowest BCUT2D eigenvalue weighted by Crippen LogP contribution is -2.25. The monoisotopic (exact) mass is 345 g/mol. The first kappa shape index (κ1) is 16.4. The van der Waals surface area contributed by atoms with Gasteiger partial charge in [-0.05, 0) is 41.0 Å². The second-order valence-corrected chi connectivity index (χ2v) is 4.88. The SMILES string of the molecule is CCNC(CCC(F)(F)F)c1c(F)ccc(Br)c1F. The van der Waals surface area contributed by atoms with E-state index in [0.29, 0.717) is 6.54 Å². The molecule has 0 heterocycles. The number of benzene rings is 1. The average molecular weight is 346 g/mol. The van der Waals surface area contributed by atoms with Crippen LogP contribution in [0, 0.1) is 11.6 Å². The molecule has 0 bridgehead atoms. The summed E-state index contributed by atoms with van der Waals surface area (Å²) in [6.07, 6.45) is -5.87. The van der Waals surface area contributed by atoms with Crippen molar-refractivity contribution in [1.82, 2.24) is 5.32 Å². The third-order valence-electron chi connectivity index (χ3n) is 2.59. The summed E-state index contributed by atoms with van der Waals surface area (Å²) in [4.78, 5) is 0. The number of halogens is 6. The first-order valence-electron chi connectivity index (χ1n) is 5.69. The highest BCUT2D eigenvalue weighted by Gasteiger charge is 2.30. The Hall–Kier alpha value is -0.690. The van der Waals surface area contributed by atoms with E-state index in [4.69, 9.17) is 0 Å². The third-order valence-corrected chi connectivity index (χ3v) is 3.21. The number of alkyl halides is 3. The third kappa shape index (κ3) is 4.72. The van der Waals surface area contributed by atoms with E-state index in [1.165, 1.54) is 6.07 Å². The van der Waals surface area contributed by atoms with Crippen molar-refractivity contribution in [2.75, 3.05) is 6.54 Å². The molecule has 0 aliphatic heterocycles. The smallest absolute Gasteiger partial charge is 0.310 e. The molecule has 0 aromatic heterocycles. The Morgan fingerprint density at radius 1 is 1.26 bits per heavy atom. The van der Waals surface area contributed by atoms with Crippen molar-refractivity contribution in [3.8, 4) is 0 Å². The van der Waals surface area contributed by atoms with Crippen LogP contribution in [0.2, 0.25) is 0 Å². The molecule has 1 aromatic rings. The molecule has 0 spiro atoms. The fourth-order valence-electron chi connectivity index (χ4n) is 1.77. The zero-order chi connectivity index (χ0) is 14.6. The van der Waals surface area contributed by atoms with Gasteiger partial charge in [0.05, 0.1) is 4.47 Å². The highest BCUT2D eigenvalue weighted by atomic mass is 79.9. The second kappa shape index (κ2) is 6.65. The Morgan fingerprint density at radius 2 is 1.89 bits per heavy atom. The molecular formula is C12H13BrF5N. The van der Waals surface area contributed by atoms with Crippen molar-refractivity contribution >= 4 is 15.9 Å². The molecule has 0 amide bonds. The van der Waals surface area contributed by atoms with E-state index in [-0.39, 0.29) is 10.0 Å². The topological polar surface area (TPSA) is 12.0 Å². The van der Waals surface area contributed by atoms with Gasteiger partial charge in [-0.3, -0.25) is 0 Å². The Labute approximate surface area is 116 Å². The van der Waals surface area contributed by atoms with Crippen LogP contribution < -0.4 is 5.32 Å². The first-order chi connectivity index (χ1) is 8.76. The number of hydrogen-bond donors (Lipinski definition) is 1. The standard InChI is InChI=1S/C12H13BrF5N/c1-2-19-9(5-6-12(16,17)18)10-8(14)4-3-7(13)11(10)15/h3-4,9,19H,2,5-6H2,1H3. The highest BCUT2D eigenvalue weighted by Crippen LogP contribution is 2.32. The van der Waals surface area contributed by atoms with Crippen LogP contribution in [0.1, 0.15) is 31.4 Å². The Kier molecular flexibility index (Phi) is 5.73. The molecule has 0 fully saturated rings. The minimum atomic E-state index is -4.35. The lowest BCUT2D eigenvalue weighted by molar-refractivity contribution is -0.136. The Morgan fingerprint density at radius 3 is 2.42 bits per heavy atom. The van der Waals surface area contributed by atoms with E-state index < -0.39 is 36.7 Å². The molecule has 0 saturated carbocycles. The summed E-state index contributed by atoms with van der Waals surface area (Å²) in [6.45, 7) is 1.97. The largest absolute Gasteiger partial charge is 0.389 e. The van der Waals surface area contributed by atoms with Gasteiger partial charge in [0, 0.05) is 18.0 Å². The van der Waals surface area contributed by atoms with E-state index in [9.17, 15) is 22.0 Å². The van der Waals surface area contributed by atoms with Gasteiger partial charge in [-0.2, -0.15) is 13.2 Å². The maximum absolute atomic E-state index is 13.8. The first-order valence-corrected chi connectivity index (χ1v) is 6.49. The molecular weight excluding hydrogens is 333 g/mol. The quantitative estimate of drug-likeness (QED) is 0.601. The van der Waals surface area contributed by atoms with Gasteiger partial charge in [-0.15, -0.1) is 0 Å². The molecule has 0 radical (unpaired) electrons. The van der Waals surface area contributed by atoms with Crippen molar-refractivity contribution in [1.29, 1.82) is 0 Å². The second-order valence-electron chi connectivity index (χ2n) is 4.02. The van der Waals surface area contributed by atoms with Gasteiger partial charge in [0.2, 0.25) is 0 Å². The summed E-state index contributed by atoms with van der Waals surface area (Å²) in [6, 6.07) is 1.20. The predicted molar refractivity (Wildman–Crippen MR) is 65.8 cm³/mol. The number of hydrogen-bond acceptors (Lipinski definition) is 1. The van der Waals surface area contributed by atoms with Crippen LogP contribution in [-0.2, 0) is 0 Å². The number of rotatable bonds is 5. The molecule has 7 heteroatoms. The van der Waals surface area contributed by atoms with Gasteiger partial charge >= 0.3 is 6.18 Å². The van der Waals surface area contributed by atoms with Crippen LogP contribution in [0.15, 0.2) is 16.6 Å². The van der Waals surface area contributed by atoms with Crippen molar-refractivity contribution in [3.05, 3.63) is 33.8 Å². The molecule has 108 valence electrons. The summed E-state index contributed by atoms with van der Waals surface area (Å²) in [5.41, 5.74) is -0.361. The zero-order valence-corrected chi connectivity index (χ0v) is 11.7. The van der Waals surface area contributed by atoms with Crippen LogP contribution in [0.25, 0.3) is 0 Å². The molecule has 1 atom stereocenters. The normalized spacial score (nSPS) is 13.6. The fourth-order valence-corrected chi connectivity index (χ4v) is 2.11. The van der Waals surface area contributed by atoms with E-state index >= 15 is 0 Å². The molecule has 1 nitrogen and oxygen atoms in total. The summed E-state index contributed by atoms with van der Waals surface area (Å²) in [7, 11) is 0. The molecule has 19 heavy (non-hydrogen) atoms. The van der Waals surface area contributed by atoms with E-state index in [1.54, 1.807) is 6.92 Å². The van der Waals surface area contributed by atoms with Crippen molar-refractivity contribution in [2.45, 2.75) is 32.0 Å². The van der Waals surface area contributed by atoms with Crippen LogP contribution in [0.3, 0.4) is 0 Å². The minimum absolute atomic E-state index is 0.0267. The predicted octanol–water partition coefficient (Wildman–Crippen LogP) is 4.72. The maximum Gasteiger partial charge on any atom is 0.389 e. The fraction of sp³-hybridized carbons (Fsp3) is 0.500. The molecule has 0 aliphatic carbocycles. The van der Waals surface area contributed by atoms with Gasteiger partial charge in [-0.25, -0.2) is 8.78 Å². The van der Waals surface area contributed by atoms with Gasteiger partial charge in [-0.1, -0.05) is 6.92 Å². The number of nitrogens with one attached hydrogen (secondary N) is 1. The van der Waals surface area contributed by atoms with Crippen LogP contribution in [0.4, 0.5) is 22.0 Å². The van der Waals surface area contributed by atoms with Crippen molar-refractivity contribution < 1.29 is 22.0 Å². The highest BCUT2D eigenvalue weighted by molar-refractivity contribution is 9.10. The summed E-state index contributed by atoms with van der Waals surface area (Å²) < 4.78 is 64.2. The summed E-state index contributed by atoms with van der Waals surface area (Å²) in [5, 5.41) is 2.68. The Bertz CT molecular complexity index is 433. The van der Waals surface area contributed by atoms with Crippen molar-refractivity contribution in [2.24, 2.45) is 0 Å². The molecule has 1 unspecified atom stereocenters. The van der Waals surface area contributed by atoms with E-state index in [0.717, 1.165) is 6.07 Å². The Balaban J connectivity index is 3.02. The molecule has 1 aromatic carbocycles. The van der Waals surface area contributed by atoms with Gasteiger partial charge in [0.25, 0.3) is 0 Å². The van der Waals surface area contributed by atoms with Crippen LogP contribution in [0.5, 0.6) is 0 Å². The average Bonchev–Trinajstić information content (AvgIpc) is 2.30. The molecule has 1 rings (SSSR count). The van der Waals surface area contributed by atoms with Gasteiger partial charge in [0.15, 0.2) is 0 Å². The van der Waals surface area contributed by atoms with Gasteiger partial charge in [0.1, 0.15) is 11.6 Å². The van der Waals surface area contributed by atoms with Crippen molar-refractivity contribution in [3.63, 3.8) is 0 Å². The summed E-state index contributed by atoms with van der Waals surface area (Å²) in [5.74, 6) is -1.72. The molecule has 0 aliphatic rings. The molecule has 1 N–H and O–H groups in total. The van der Waals surface area contributed by atoms with Crippen LogP contribution in [-0.4, -0.2) is 12.7 Å².